The van der Waals surface area contributed by atoms with Gasteiger partial charge in [-0.25, -0.2) is 9.59 Å². The summed E-state index contributed by atoms with van der Waals surface area (Å²) in [4.78, 5) is 271. The fraction of sp³-hybridized carbons (Fsp3) is 0.676. The van der Waals surface area contributed by atoms with E-state index in [1.54, 1.807) is 13.8 Å². The Morgan fingerprint density at radius 3 is 1.27 bits per heavy atom. The number of nitrogens with one attached hydrogen (secondary N) is 13. The Hall–Kier alpha value is -12.1. The van der Waals surface area contributed by atoms with Gasteiger partial charge in [-0.2, -0.15) is 25.8 Å². The number of carbonyl (C=O) groups excluding carboxylic acids is 16. The van der Waals surface area contributed by atoms with E-state index in [0.717, 1.165) is 4.90 Å². The molecule has 0 aromatic carbocycles. The third-order valence-electron chi connectivity index (χ3n) is 17.8. The summed E-state index contributed by atoms with van der Waals surface area (Å²) in [5, 5.41) is 87.6. The zero-order valence-corrected chi connectivity index (χ0v) is 68.5. The number of unbranched alkanes of at least 4 members (excludes halogenated alkanes) is 1. The van der Waals surface area contributed by atoms with Gasteiger partial charge in [0.2, 0.25) is 94.5 Å². The van der Waals surface area contributed by atoms with Crippen molar-refractivity contribution in [1.82, 2.24) is 74.0 Å². The van der Waals surface area contributed by atoms with Crippen molar-refractivity contribution < 1.29 is 140 Å². The van der Waals surface area contributed by atoms with Crippen LogP contribution in [0.1, 0.15) is 137 Å². The van der Waals surface area contributed by atoms with Gasteiger partial charge in [-0.1, -0.05) is 34.1 Å². The second-order valence-corrected chi connectivity index (χ2v) is 28.4. The van der Waals surface area contributed by atoms with Gasteiger partial charge in [0.05, 0.1) is 38.6 Å². The number of nitrogens with zero attached hydrogens (tertiary/aromatic N) is 3. The Bertz CT molecular complexity index is 3690. The summed E-state index contributed by atoms with van der Waals surface area (Å²) in [5.74, 6) is -27.6. The lowest BCUT2D eigenvalue weighted by Gasteiger charge is -2.32. The van der Waals surface area contributed by atoms with Gasteiger partial charge in [-0.15, -0.1) is 0 Å². The average molecular weight is 1770 g/mol. The predicted octanol–water partition coefficient (Wildman–Crippen LogP) is -11.7. The molecule has 50 nitrogen and oxygen atoms in total. The van der Waals surface area contributed by atoms with E-state index in [9.17, 15) is 130 Å². The second-order valence-electron chi connectivity index (χ2n) is 28.0. The van der Waals surface area contributed by atoms with Gasteiger partial charge >= 0.3 is 30.1 Å². The van der Waals surface area contributed by atoms with Gasteiger partial charge < -0.3 is 151 Å². The van der Waals surface area contributed by atoms with Gasteiger partial charge in [-0.05, 0) is 95.9 Å². The molecular weight excluding hydrogens is 1660 g/mol. The molecule has 54 heteroatoms. The highest BCUT2D eigenvalue weighted by Gasteiger charge is 2.43. The summed E-state index contributed by atoms with van der Waals surface area (Å²) < 4.78 is 31.7. The van der Waals surface area contributed by atoms with Gasteiger partial charge in [0.25, 0.3) is 0 Å². The molecule has 1 saturated heterocycles. The molecule has 35 N–H and O–H groups in total. The van der Waals surface area contributed by atoms with Crippen LogP contribution in [-0.2, 0) is 95.9 Å². The summed E-state index contributed by atoms with van der Waals surface area (Å²) in [6.07, 6.45) is -10.1. The van der Waals surface area contributed by atoms with Crippen LogP contribution in [0.5, 0.6) is 0 Å². The Balaban J connectivity index is 0.0000199. The topological polar surface area (TPSA) is 855 Å². The van der Waals surface area contributed by atoms with Gasteiger partial charge in [0, 0.05) is 38.2 Å². The molecule has 0 aromatic heterocycles. The van der Waals surface area contributed by atoms with Crippen molar-refractivity contribution in [2.24, 2.45) is 67.7 Å². The maximum atomic E-state index is 14.3. The molecule has 0 radical (unpaired) electrons. The van der Waals surface area contributed by atoms with Crippen LogP contribution in [-0.4, -0.2) is 308 Å². The molecule has 690 valence electrons. The van der Waals surface area contributed by atoms with Crippen LogP contribution in [0.4, 0.5) is 13.2 Å². The number of aliphatic carboxylic acids is 4. The number of nitrogens with two attached hydrogens (primary N) is 8. The van der Waals surface area contributed by atoms with Gasteiger partial charge in [-0.3, -0.25) is 96.3 Å². The van der Waals surface area contributed by atoms with Crippen LogP contribution >= 0.6 is 12.6 Å². The molecule has 1 fully saturated rings. The largest absolute Gasteiger partial charge is 0.490 e. The minimum Gasteiger partial charge on any atom is -0.481 e. The van der Waals surface area contributed by atoms with Crippen LogP contribution < -0.4 is 115 Å². The fourth-order valence-electron chi connectivity index (χ4n) is 11.0. The van der Waals surface area contributed by atoms with E-state index in [-0.39, 0.29) is 83.5 Å². The van der Waals surface area contributed by atoms with E-state index in [0.29, 0.717) is 6.42 Å². The Kier molecular flexibility index (Phi) is 50.9. The molecule has 0 bridgehead atoms. The first-order valence-corrected chi connectivity index (χ1v) is 38.7. The van der Waals surface area contributed by atoms with Crippen LogP contribution in [0.15, 0.2) is 9.98 Å². The lowest BCUT2D eigenvalue weighted by molar-refractivity contribution is -0.192. The highest BCUT2D eigenvalue weighted by atomic mass is 32.1. The van der Waals surface area contributed by atoms with Crippen molar-refractivity contribution in [2.45, 2.75) is 228 Å². The minimum atomic E-state index is -5.08. The molecule has 0 spiro atoms. The molecule has 1 aliphatic rings. The molecule has 0 aromatic rings. The van der Waals surface area contributed by atoms with E-state index < -0.39 is 297 Å². The Labute approximate surface area is 701 Å². The first-order chi connectivity index (χ1) is 56.9. The van der Waals surface area contributed by atoms with E-state index in [4.69, 9.17) is 55.8 Å². The molecule has 16 amide bonds. The Morgan fingerprint density at radius 1 is 0.475 bits per heavy atom. The number of amides is 16. The number of thiol groups is 1. The molecular formula is C68H115F3N24O26S. The summed E-state index contributed by atoms with van der Waals surface area (Å²) in [5.41, 5.74) is 43.7. The number of aliphatic hydroxyl groups excluding tert-OH is 2. The minimum absolute atomic E-state index is 0.0698. The van der Waals surface area contributed by atoms with Crippen molar-refractivity contribution in [3.8, 4) is 0 Å². The van der Waals surface area contributed by atoms with Crippen LogP contribution in [0, 0.1) is 11.8 Å². The average Bonchev–Trinajstić information content (AvgIpc) is 1.60. The van der Waals surface area contributed by atoms with E-state index in [2.05, 4.69) is 91.7 Å². The molecule has 1 aliphatic heterocycles. The fourth-order valence-corrected chi connectivity index (χ4v) is 11.3. The number of hydrogen-bond acceptors (Lipinski definition) is 27. The molecule has 1 heterocycles. The normalized spacial score (nSPS) is 15.7. The number of alkyl halides is 3. The van der Waals surface area contributed by atoms with Crippen molar-refractivity contribution in [2.75, 3.05) is 51.7 Å². The van der Waals surface area contributed by atoms with Crippen molar-refractivity contribution in [3.05, 3.63) is 0 Å². The van der Waals surface area contributed by atoms with Crippen LogP contribution in [0.25, 0.3) is 0 Å². The van der Waals surface area contributed by atoms with Crippen molar-refractivity contribution in [3.63, 3.8) is 0 Å². The second kappa shape index (κ2) is 56.4. The number of carboxylic acid groups (broad SMARTS) is 4. The first kappa shape index (κ1) is 110. The smallest absolute Gasteiger partial charge is 0.481 e. The molecule has 0 unspecified atom stereocenters. The number of halogens is 3. The standard InChI is InChI=1S/C66H114N24O24S.C2HF3O2/c1-6-31(4)50(89-61(110)49(30(2)3)88-56(105)33(12-7-8-20-67)80-57(106)38(24-45(70)94)78-46(95)26-77-51(100)32(5)68)62(111)86-41(28-92)63(112)90-23-11-15-43(90)60(109)85-40(27-91)59(108)83-37(17-19-47(96)97)54(103)84-39(25-48(98)99)58(107)81-35(14-10-22-76-66(73)74)52(101)79-34(13-9-21-75-65(71)72)53(102)82-36(16-18-44(69)93)55(104)87-42(29-115)64(113)114;3-2(4,5)1(6)7/h30-43,49-50,91-92,115H,6-29,67-68H2,1-5H3,(H2,69,93)(H2,70,94)(H,77,100)(H,78,95)(H,79,101)(H,80,106)(H,81,107)(H,82,102)(H,83,108)(H,84,103)(H,85,109)(H,86,111)(H,87,104)(H,88,105)(H,89,110)(H,96,97)(H,98,99)(H,113,114)(H4,71,72,75)(H4,73,74,76);(H,6,7)/t31-,32-,33-,34-,35-,36-,37-,38-,39-,40-,41-,42-,43-,49-,50-;/m0./s1. The maximum absolute atomic E-state index is 14.3. The quantitative estimate of drug-likeness (QED) is 0.0116. The number of carbonyl (C=O) groups is 20. The zero-order valence-electron chi connectivity index (χ0n) is 67.6. The number of primary amides is 2. The highest BCUT2D eigenvalue weighted by Crippen LogP contribution is 2.21. The first-order valence-electron chi connectivity index (χ1n) is 38.1. The molecule has 1 rings (SSSR count). The third kappa shape index (κ3) is 42.7. The van der Waals surface area contributed by atoms with E-state index >= 15 is 0 Å². The highest BCUT2D eigenvalue weighted by molar-refractivity contribution is 7.80. The monoisotopic (exact) mass is 1770 g/mol. The molecule has 0 aliphatic carbocycles. The molecule has 122 heavy (non-hydrogen) atoms. The zero-order chi connectivity index (χ0) is 93.6. The Morgan fingerprint density at radius 2 is 0.877 bits per heavy atom. The van der Waals surface area contributed by atoms with E-state index in [1.165, 1.54) is 20.8 Å². The van der Waals surface area contributed by atoms with Crippen molar-refractivity contribution in [1.29, 1.82) is 0 Å². The van der Waals surface area contributed by atoms with Gasteiger partial charge in [0.1, 0.15) is 78.5 Å². The number of rotatable bonds is 56. The van der Waals surface area contributed by atoms with Crippen LogP contribution in [0.3, 0.4) is 0 Å². The maximum Gasteiger partial charge on any atom is 0.490 e. The summed E-state index contributed by atoms with van der Waals surface area (Å²) in [7, 11) is 0. The third-order valence-corrected chi connectivity index (χ3v) is 18.1. The van der Waals surface area contributed by atoms with E-state index in [1.807, 2.05) is 0 Å². The van der Waals surface area contributed by atoms with Crippen LogP contribution in [0.2, 0.25) is 0 Å². The number of aliphatic imine (C=N–C) groups is 2. The lowest BCUT2D eigenvalue weighted by Crippen LogP contribution is -2.62. The number of hydrogen-bond donors (Lipinski definition) is 28. The molecule has 15 atom stereocenters. The lowest BCUT2D eigenvalue weighted by atomic mass is 9.96. The number of guanidine groups is 2. The number of aliphatic hydroxyl groups is 2. The predicted molar refractivity (Wildman–Crippen MR) is 422 cm³/mol. The summed E-state index contributed by atoms with van der Waals surface area (Å²) >= 11 is 3.91. The molecule has 0 saturated carbocycles. The summed E-state index contributed by atoms with van der Waals surface area (Å²) in [6.45, 7) is 4.25. The van der Waals surface area contributed by atoms with Gasteiger partial charge in [0.15, 0.2) is 11.9 Å². The SMILES string of the molecule is CC[C@H](C)[C@H](NC(=O)[C@@H](NC(=O)[C@H](CCCCN)NC(=O)[C@H](CC(N)=O)NC(=O)CNC(=O)[C@H](C)N)C(C)C)C(=O)N[C@@H](CO)C(=O)N1CCC[C@H]1C(=O)N[C@@H](CO)C(=O)N[C@@H](CCC(=O)O)C(=O)N[C@@H](CC(=O)O)C(=O)N[C@@H](CCCN=C(N)N)C(=O)N[C@@H](CCCN=C(N)N)C(=O)N[C@@H](CCC(N)=O)C(=O)N[C@@H](CS)C(=O)O.O=C(O)C(F)(F)F. The number of carboxylic acids is 4. The summed E-state index contributed by atoms with van der Waals surface area (Å²) in [6, 6.07) is -23.3. The number of likely N-dealkylation sites (tertiary alicyclic amines) is 1. The van der Waals surface area contributed by atoms with Crippen molar-refractivity contribution >= 4 is 143 Å².